The molecule has 1 heterocycles. The van der Waals surface area contributed by atoms with Gasteiger partial charge in [0.2, 0.25) is 0 Å². The highest BCUT2D eigenvalue weighted by Crippen LogP contribution is 2.55. The van der Waals surface area contributed by atoms with Crippen molar-refractivity contribution in [3.8, 4) is 46.3 Å². The summed E-state index contributed by atoms with van der Waals surface area (Å²) in [5, 5.41) is 19.5. The standard InChI is InChI=1S/C45H49N5/c1-28-13-32-14-29(2)21-44(20-28,24-32)39-9-5-36(6-10-39)41-48-42(50-43(49-41)38-18-34(26-46)17-35(19-38)27-47)37-7-11-40(12-8-37)45-22-30(3)15-33(25-45)16-31(4)23-45/h5-12,17-19,28-33H,13-16,20-25H2,1-4H3/t28-,29+,30-,31?,32-,33-,44?,45?/m0/s1. The summed E-state index contributed by atoms with van der Waals surface area (Å²) in [5.41, 5.74) is 6.79. The molecule has 50 heavy (non-hydrogen) atoms. The van der Waals surface area contributed by atoms with Crippen molar-refractivity contribution in [1.82, 2.24) is 15.0 Å². The molecular weight excluding hydrogens is 611 g/mol. The number of hydrogen-bond donors (Lipinski definition) is 0. The van der Waals surface area contributed by atoms with Crippen LogP contribution in [0.25, 0.3) is 34.2 Å². The largest absolute Gasteiger partial charge is 0.208 e. The summed E-state index contributed by atoms with van der Waals surface area (Å²) in [6, 6.07) is 27.6. The smallest absolute Gasteiger partial charge is 0.164 e. The lowest BCUT2D eigenvalue weighted by Gasteiger charge is -2.50. The molecule has 254 valence electrons. The second-order valence-electron chi connectivity index (χ2n) is 17.4. The van der Waals surface area contributed by atoms with Gasteiger partial charge in [0.05, 0.1) is 23.3 Å². The van der Waals surface area contributed by atoms with E-state index in [1.54, 1.807) is 18.2 Å². The van der Waals surface area contributed by atoms with Crippen molar-refractivity contribution in [2.75, 3.05) is 0 Å². The molecule has 8 rings (SSSR count). The maximum absolute atomic E-state index is 9.74. The fourth-order valence-corrected chi connectivity index (χ4v) is 11.7. The Hall–Kier alpha value is -4.35. The minimum atomic E-state index is 0.257. The van der Waals surface area contributed by atoms with Crippen LogP contribution in [0.15, 0.2) is 66.7 Å². The molecule has 4 aliphatic rings. The Morgan fingerprint density at radius 1 is 0.480 bits per heavy atom. The summed E-state index contributed by atoms with van der Waals surface area (Å²) in [7, 11) is 0. The Labute approximate surface area is 298 Å². The fourth-order valence-electron chi connectivity index (χ4n) is 11.7. The van der Waals surface area contributed by atoms with Gasteiger partial charge in [-0.15, -0.1) is 0 Å². The van der Waals surface area contributed by atoms with Crippen LogP contribution in [0.5, 0.6) is 0 Å². The maximum Gasteiger partial charge on any atom is 0.164 e. The van der Waals surface area contributed by atoms with E-state index in [1.165, 1.54) is 75.3 Å². The molecule has 1 aromatic heterocycles. The van der Waals surface area contributed by atoms with E-state index >= 15 is 0 Å². The van der Waals surface area contributed by atoms with Gasteiger partial charge < -0.3 is 0 Å². The van der Waals surface area contributed by atoms with Crippen molar-refractivity contribution in [1.29, 1.82) is 10.5 Å². The topological polar surface area (TPSA) is 86.2 Å². The predicted octanol–water partition coefficient (Wildman–Crippen LogP) is 10.8. The zero-order chi connectivity index (χ0) is 34.6. The molecular formula is C45H49N5. The van der Waals surface area contributed by atoms with E-state index in [1.807, 2.05) is 0 Å². The summed E-state index contributed by atoms with van der Waals surface area (Å²) in [4.78, 5) is 15.1. The first-order valence-electron chi connectivity index (χ1n) is 19.1. The van der Waals surface area contributed by atoms with Crippen molar-refractivity contribution in [3.05, 3.63) is 89.0 Å². The Bertz CT molecular complexity index is 1810. The van der Waals surface area contributed by atoms with E-state index < -0.39 is 0 Å². The Morgan fingerprint density at radius 3 is 1.16 bits per heavy atom. The molecule has 0 amide bonds. The number of nitriles is 2. The van der Waals surface area contributed by atoms with Crippen molar-refractivity contribution in [2.45, 2.75) is 103 Å². The van der Waals surface area contributed by atoms with Gasteiger partial charge in [-0.3, -0.25) is 0 Å². The summed E-state index contributed by atoms with van der Waals surface area (Å²) >= 11 is 0. The summed E-state index contributed by atoms with van der Waals surface area (Å²) in [6.45, 7) is 9.75. The van der Waals surface area contributed by atoms with Crippen LogP contribution in [-0.2, 0) is 10.8 Å². The van der Waals surface area contributed by atoms with Crippen LogP contribution in [0.3, 0.4) is 0 Å². The predicted molar refractivity (Wildman–Crippen MR) is 199 cm³/mol. The highest BCUT2D eigenvalue weighted by Gasteiger charge is 2.46. The Kier molecular flexibility index (Phi) is 8.38. The molecule has 4 fully saturated rings. The van der Waals surface area contributed by atoms with Gasteiger partial charge in [0.15, 0.2) is 17.5 Å². The lowest BCUT2D eigenvalue weighted by molar-refractivity contribution is 0.0779. The van der Waals surface area contributed by atoms with Gasteiger partial charge >= 0.3 is 0 Å². The zero-order valence-corrected chi connectivity index (χ0v) is 30.1. The molecule has 4 saturated carbocycles. The third kappa shape index (κ3) is 6.15. The highest BCUT2D eigenvalue weighted by molar-refractivity contribution is 5.68. The summed E-state index contributed by atoms with van der Waals surface area (Å²) in [6.07, 6.45) is 13.1. The third-order valence-corrected chi connectivity index (χ3v) is 12.9. The number of nitrogens with zero attached hydrogens (tertiary/aromatic N) is 5. The first-order valence-corrected chi connectivity index (χ1v) is 19.1. The van der Waals surface area contributed by atoms with Gasteiger partial charge in [-0.05, 0) is 140 Å². The number of fused-ring (bicyclic) bond motifs is 4. The SMILES string of the molecule is CC1C[C@@H]2C[C@H](C)CC(c3ccc(-c4nc(-c5ccc(C67C[C@H](C)C[C@H](C[C@H](C)C6)C7)cc5)nc(-c5cc(C#N)cc(C#N)c5)n4)cc3)(C1)C2. The van der Waals surface area contributed by atoms with Gasteiger partial charge in [0.1, 0.15) is 0 Å². The van der Waals surface area contributed by atoms with Crippen molar-refractivity contribution < 1.29 is 0 Å². The molecule has 0 aliphatic heterocycles. The van der Waals surface area contributed by atoms with Crippen LogP contribution in [-0.4, -0.2) is 15.0 Å². The normalized spacial score (nSPS) is 31.7. The minimum Gasteiger partial charge on any atom is -0.208 e. The van der Waals surface area contributed by atoms with Gasteiger partial charge in [-0.1, -0.05) is 76.2 Å². The average Bonchev–Trinajstić information content (AvgIpc) is 3.10. The average molecular weight is 660 g/mol. The maximum atomic E-state index is 9.74. The Morgan fingerprint density at radius 2 is 0.820 bits per heavy atom. The van der Waals surface area contributed by atoms with Gasteiger partial charge in [-0.25, -0.2) is 15.0 Å². The van der Waals surface area contributed by atoms with Crippen LogP contribution < -0.4 is 0 Å². The van der Waals surface area contributed by atoms with Gasteiger partial charge in [0, 0.05) is 16.7 Å². The van der Waals surface area contributed by atoms with Crippen molar-refractivity contribution >= 4 is 0 Å². The van der Waals surface area contributed by atoms with E-state index in [2.05, 4.69) is 88.4 Å². The molecule has 5 nitrogen and oxygen atoms in total. The molecule has 0 spiro atoms. The van der Waals surface area contributed by atoms with E-state index in [0.29, 0.717) is 34.2 Å². The molecule has 3 aromatic carbocycles. The molecule has 0 N–H and O–H groups in total. The molecule has 3 unspecified atom stereocenters. The van der Waals surface area contributed by atoms with Crippen LogP contribution in [0, 0.1) is 58.2 Å². The molecule has 4 aromatic rings. The molecule has 8 atom stereocenters. The van der Waals surface area contributed by atoms with Crippen LogP contribution in [0.1, 0.15) is 114 Å². The second-order valence-corrected chi connectivity index (χ2v) is 17.4. The number of hydrogen-bond acceptors (Lipinski definition) is 5. The van der Waals surface area contributed by atoms with Gasteiger partial charge in [-0.2, -0.15) is 10.5 Å². The fraction of sp³-hybridized carbons (Fsp3) is 0.489. The first kappa shape index (κ1) is 32.8. The van der Waals surface area contributed by atoms with E-state index in [4.69, 9.17) is 15.0 Å². The lowest BCUT2D eigenvalue weighted by Crippen LogP contribution is -2.42. The van der Waals surface area contributed by atoms with Crippen molar-refractivity contribution in [2.24, 2.45) is 35.5 Å². The molecule has 4 bridgehead atoms. The van der Waals surface area contributed by atoms with E-state index in [9.17, 15) is 10.5 Å². The highest BCUT2D eigenvalue weighted by atomic mass is 15.0. The van der Waals surface area contributed by atoms with Crippen LogP contribution >= 0.6 is 0 Å². The number of aromatic nitrogens is 3. The monoisotopic (exact) mass is 659 g/mol. The number of rotatable bonds is 5. The third-order valence-electron chi connectivity index (χ3n) is 12.9. The quantitative estimate of drug-likeness (QED) is 0.213. The second kappa shape index (κ2) is 12.8. The summed E-state index contributed by atoms with van der Waals surface area (Å²) < 4.78 is 0. The van der Waals surface area contributed by atoms with Crippen molar-refractivity contribution in [3.63, 3.8) is 0 Å². The van der Waals surface area contributed by atoms with Gasteiger partial charge in [0.25, 0.3) is 0 Å². The first-order chi connectivity index (χ1) is 24.1. The molecule has 4 aliphatic carbocycles. The summed E-state index contributed by atoms with van der Waals surface area (Å²) in [5.74, 6) is 6.37. The molecule has 5 heteroatoms. The zero-order valence-electron chi connectivity index (χ0n) is 30.1. The number of benzene rings is 3. The Balaban J connectivity index is 1.18. The molecule has 0 saturated heterocycles. The van der Waals surface area contributed by atoms with E-state index in [-0.39, 0.29) is 10.8 Å². The molecule has 0 radical (unpaired) electrons. The van der Waals surface area contributed by atoms with E-state index in [0.717, 1.165) is 46.6 Å². The van der Waals surface area contributed by atoms with Crippen LogP contribution in [0.4, 0.5) is 0 Å². The minimum absolute atomic E-state index is 0.257. The van der Waals surface area contributed by atoms with Crippen LogP contribution in [0.2, 0.25) is 0 Å². The lowest BCUT2D eigenvalue weighted by atomic mass is 9.54.